The first-order valence-corrected chi connectivity index (χ1v) is 11.5. The summed E-state index contributed by atoms with van der Waals surface area (Å²) in [6.45, 7) is 1.60. The van der Waals surface area contributed by atoms with Gasteiger partial charge < -0.3 is 24.3 Å². The van der Waals surface area contributed by atoms with Gasteiger partial charge in [0, 0.05) is 11.3 Å². The predicted octanol–water partition coefficient (Wildman–Crippen LogP) is 5.09. The summed E-state index contributed by atoms with van der Waals surface area (Å²) in [5.41, 5.74) is 3.86. The molecule has 180 valence electrons. The van der Waals surface area contributed by atoms with Crippen molar-refractivity contribution in [2.45, 2.75) is 6.92 Å². The first-order valence-electron chi connectivity index (χ1n) is 10.7. The van der Waals surface area contributed by atoms with Crippen LogP contribution < -0.4 is 19.5 Å². The van der Waals surface area contributed by atoms with Crippen molar-refractivity contribution < 1.29 is 28.5 Å². The number of hydrogen-bond donors (Lipinski definition) is 1. The van der Waals surface area contributed by atoms with E-state index in [0.717, 1.165) is 20.8 Å². The lowest BCUT2D eigenvalue weighted by molar-refractivity contribution is -0.119. The van der Waals surface area contributed by atoms with Crippen LogP contribution in [0.4, 0.5) is 5.69 Å². The largest absolute Gasteiger partial charge is 0.493 e. The van der Waals surface area contributed by atoms with Gasteiger partial charge in [0.25, 0.3) is 5.91 Å². The van der Waals surface area contributed by atoms with Crippen molar-refractivity contribution in [2.75, 3.05) is 33.3 Å². The minimum atomic E-state index is -0.694. The van der Waals surface area contributed by atoms with Crippen molar-refractivity contribution in [1.82, 2.24) is 4.98 Å². The molecule has 4 aromatic rings. The zero-order valence-corrected chi connectivity index (χ0v) is 20.5. The molecule has 0 atom stereocenters. The topological polar surface area (TPSA) is 96.0 Å². The average molecular weight is 493 g/mol. The molecule has 0 aliphatic rings. The molecule has 0 fully saturated rings. The molecule has 0 radical (unpaired) electrons. The highest BCUT2D eigenvalue weighted by atomic mass is 32.1. The van der Waals surface area contributed by atoms with Gasteiger partial charge in [-0.25, -0.2) is 9.78 Å². The van der Waals surface area contributed by atoms with E-state index in [1.54, 1.807) is 23.5 Å². The number of fused-ring (bicyclic) bond motifs is 1. The predicted molar refractivity (Wildman–Crippen MR) is 135 cm³/mol. The van der Waals surface area contributed by atoms with Gasteiger partial charge >= 0.3 is 5.97 Å². The second-order valence-electron chi connectivity index (χ2n) is 7.61. The van der Waals surface area contributed by atoms with E-state index < -0.39 is 18.5 Å². The third-order valence-corrected chi connectivity index (χ3v) is 6.26. The summed E-state index contributed by atoms with van der Waals surface area (Å²) >= 11 is 1.62. The lowest BCUT2D eigenvalue weighted by Gasteiger charge is -2.13. The van der Waals surface area contributed by atoms with E-state index in [1.807, 2.05) is 24.3 Å². The summed E-state index contributed by atoms with van der Waals surface area (Å²) < 4.78 is 22.0. The van der Waals surface area contributed by atoms with Gasteiger partial charge in [-0.15, -0.1) is 11.3 Å². The third kappa shape index (κ3) is 5.36. The first-order chi connectivity index (χ1) is 16.9. The van der Waals surface area contributed by atoms with Gasteiger partial charge in [0.15, 0.2) is 18.1 Å². The van der Waals surface area contributed by atoms with Crippen LogP contribution in [0.2, 0.25) is 0 Å². The fourth-order valence-corrected chi connectivity index (χ4v) is 4.53. The van der Waals surface area contributed by atoms with E-state index in [9.17, 15) is 9.59 Å². The second kappa shape index (κ2) is 10.4. The second-order valence-corrected chi connectivity index (χ2v) is 8.64. The maximum absolute atomic E-state index is 12.5. The number of methoxy groups -OCH3 is 3. The monoisotopic (exact) mass is 492 g/mol. The number of anilines is 1. The van der Waals surface area contributed by atoms with Crippen LogP contribution in [0.25, 0.3) is 20.8 Å². The molecule has 1 amide bonds. The molecule has 9 heteroatoms. The number of aryl methyl sites for hydroxylation is 1. The molecule has 0 saturated carbocycles. The lowest BCUT2D eigenvalue weighted by atomic mass is 10.2. The van der Waals surface area contributed by atoms with Gasteiger partial charge in [0.05, 0.1) is 37.1 Å². The molecule has 0 aliphatic carbocycles. The number of nitrogens with zero attached hydrogens (tertiary/aromatic N) is 1. The molecular weight excluding hydrogens is 468 g/mol. The van der Waals surface area contributed by atoms with Crippen LogP contribution in [0.15, 0.2) is 54.6 Å². The number of aromatic nitrogens is 1. The van der Waals surface area contributed by atoms with Crippen LogP contribution in [0.1, 0.15) is 15.9 Å². The standard InChI is InChI=1S/C26H24N2O6S/c1-15-5-10-19-22(11-15)35-25(28-19)16-6-8-18(9-7-16)27-23(29)14-34-26(30)17-12-20(31-2)24(33-4)21(13-17)32-3/h5-13H,14H2,1-4H3,(H,27,29). The Morgan fingerprint density at radius 2 is 1.60 bits per heavy atom. The minimum Gasteiger partial charge on any atom is -0.493 e. The molecule has 0 aliphatic heterocycles. The Balaban J connectivity index is 1.37. The summed E-state index contributed by atoms with van der Waals surface area (Å²) in [6, 6.07) is 16.4. The molecule has 0 saturated heterocycles. The number of esters is 1. The van der Waals surface area contributed by atoms with Gasteiger partial charge in [0.1, 0.15) is 5.01 Å². The average Bonchev–Trinajstić information content (AvgIpc) is 3.29. The minimum absolute atomic E-state index is 0.169. The summed E-state index contributed by atoms with van der Waals surface area (Å²) in [7, 11) is 4.36. The highest BCUT2D eigenvalue weighted by Crippen LogP contribution is 2.38. The Labute approximate surface area is 206 Å². The number of rotatable bonds is 8. The summed E-state index contributed by atoms with van der Waals surface area (Å²) in [5.74, 6) is -0.179. The summed E-state index contributed by atoms with van der Waals surface area (Å²) in [4.78, 5) is 29.5. The van der Waals surface area contributed by atoms with E-state index in [2.05, 4.69) is 23.3 Å². The van der Waals surface area contributed by atoms with Gasteiger partial charge in [-0.2, -0.15) is 0 Å². The molecule has 4 rings (SSSR count). The molecule has 1 aromatic heterocycles. The molecule has 0 unspecified atom stereocenters. The SMILES string of the molecule is COc1cc(C(=O)OCC(=O)Nc2ccc(-c3nc4ccc(C)cc4s3)cc2)cc(OC)c1OC. The van der Waals surface area contributed by atoms with Crippen LogP contribution in [0.5, 0.6) is 17.2 Å². The first kappa shape index (κ1) is 24.0. The highest BCUT2D eigenvalue weighted by molar-refractivity contribution is 7.21. The Morgan fingerprint density at radius 3 is 2.23 bits per heavy atom. The lowest BCUT2D eigenvalue weighted by Crippen LogP contribution is -2.21. The normalized spacial score (nSPS) is 10.6. The quantitative estimate of drug-likeness (QED) is 0.342. The smallest absolute Gasteiger partial charge is 0.338 e. The Morgan fingerprint density at radius 1 is 0.914 bits per heavy atom. The van der Waals surface area contributed by atoms with Crippen LogP contribution in [0, 0.1) is 6.92 Å². The van der Waals surface area contributed by atoms with Crippen molar-refractivity contribution >= 4 is 39.1 Å². The molecule has 35 heavy (non-hydrogen) atoms. The fourth-order valence-electron chi connectivity index (χ4n) is 3.46. The van der Waals surface area contributed by atoms with E-state index in [0.29, 0.717) is 22.9 Å². The van der Waals surface area contributed by atoms with Crippen molar-refractivity contribution in [3.05, 3.63) is 65.7 Å². The van der Waals surface area contributed by atoms with E-state index in [-0.39, 0.29) is 5.56 Å². The highest BCUT2D eigenvalue weighted by Gasteiger charge is 2.19. The fraction of sp³-hybridized carbons (Fsp3) is 0.192. The molecular formula is C26H24N2O6S. The molecule has 1 N–H and O–H groups in total. The third-order valence-electron chi connectivity index (χ3n) is 5.19. The number of carbonyl (C=O) groups is 2. The van der Waals surface area contributed by atoms with Gasteiger partial charge in [-0.1, -0.05) is 6.07 Å². The number of ether oxygens (including phenoxy) is 4. The number of thiazole rings is 1. The van der Waals surface area contributed by atoms with Crippen LogP contribution in [-0.4, -0.2) is 44.8 Å². The zero-order chi connectivity index (χ0) is 24.9. The Bertz CT molecular complexity index is 1360. The van der Waals surface area contributed by atoms with Gasteiger partial charge in [-0.05, 0) is 61.0 Å². The van der Waals surface area contributed by atoms with E-state index in [1.165, 1.54) is 39.0 Å². The molecule has 1 heterocycles. The summed E-state index contributed by atoms with van der Waals surface area (Å²) in [6.07, 6.45) is 0. The van der Waals surface area contributed by atoms with Crippen molar-refractivity contribution in [3.8, 4) is 27.8 Å². The number of carbonyl (C=O) groups excluding carboxylic acids is 2. The number of amides is 1. The number of hydrogen-bond acceptors (Lipinski definition) is 8. The van der Waals surface area contributed by atoms with E-state index in [4.69, 9.17) is 18.9 Å². The number of nitrogens with one attached hydrogen (secondary N) is 1. The van der Waals surface area contributed by atoms with E-state index >= 15 is 0 Å². The maximum Gasteiger partial charge on any atom is 0.338 e. The van der Waals surface area contributed by atoms with Gasteiger partial charge in [-0.3, -0.25) is 4.79 Å². The summed E-state index contributed by atoms with van der Waals surface area (Å²) in [5, 5.41) is 3.63. The van der Waals surface area contributed by atoms with Crippen molar-refractivity contribution in [1.29, 1.82) is 0 Å². The van der Waals surface area contributed by atoms with Crippen LogP contribution in [0.3, 0.4) is 0 Å². The molecule has 8 nitrogen and oxygen atoms in total. The van der Waals surface area contributed by atoms with Crippen molar-refractivity contribution in [2.24, 2.45) is 0 Å². The molecule has 0 bridgehead atoms. The maximum atomic E-state index is 12.5. The Hall–Kier alpha value is -4.11. The molecule has 0 spiro atoms. The van der Waals surface area contributed by atoms with Crippen molar-refractivity contribution in [3.63, 3.8) is 0 Å². The molecule has 3 aromatic carbocycles. The number of benzene rings is 3. The Kier molecular flexibility index (Phi) is 7.17. The van der Waals surface area contributed by atoms with Crippen LogP contribution >= 0.6 is 11.3 Å². The zero-order valence-electron chi connectivity index (χ0n) is 19.7. The van der Waals surface area contributed by atoms with Crippen LogP contribution in [-0.2, 0) is 9.53 Å². The van der Waals surface area contributed by atoms with Gasteiger partial charge in [0.2, 0.25) is 5.75 Å².